The Morgan fingerprint density at radius 2 is 1.27 bits per heavy atom. The average molecular weight is 532 g/mol. The van der Waals surface area contributed by atoms with Crippen molar-refractivity contribution in [2.75, 3.05) is 0 Å². The zero-order chi connectivity index (χ0) is 28.0. The van der Waals surface area contributed by atoms with Crippen molar-refractivity contribution < 1.29 is 5.11 Å². The fraction of sp³-hybridized carbons (Fsp3) is 0.0811. The molecule has 0 fully saturated rings. The zero-order valence-electron chi connectivity index (χ0n) is 23.0. The Kier molecular flexibility index (Phi) is 5.90. The number of aromatic nitrogens is 3. The van der Waals surface area contributed by atoms with Gasteiger partial charge in [-0.1, -0.05) is 105 Å². The molecular weight excluding hydrogens is 502 g/mol. The molecule has 3 heterocycles. The van der Waals surface area contributed by atoms with Crippen LogP contribution < -0.4 is 0 Å². The first kappa shape index (κ1) is 24.8. The molecule has 7 rings (SSSR count). The monoisotopic (exact) mass is 531 g/mol. The summed E-state index contributed by atoms with van der Waals surface area (Å²) < 4.78 is 2.04. The van der Waals surface area contributed by atoms with E-state index in [9.17, 15) is 5.11 Å². The summed E-state index contributed by atoms with van der Waals surface area (Å²) in [6.45, 7) is 4.44. The van der Waals surface area contributed by atoms with E-state index in [2.05, 4.69) is 98.8 Å². The highest BCUT2D eigenvalue weighted by Crippen LogP contribution is 2.37. The van der Waals surface area contributed by atoms with Gasteiger partial charge in [0.1, 0.15) is 11.4 Å². The lowest BCUT2D eigenvalue weighted by Gasteiger charge is -2.26. The standard InChI is InChI=1S/C37H29N3O/c1-37(2,27-15-7-4-8-16-27)35-24-26(25-13-5-3-6-14-25)23-31(38-35)30-22-21-29-28-17-9-10-18-32(28)40(36(29)39-30)33-19-11-12-20-34(33)41/h3-24,41H,1-2H3. The van der Waals surface area contributed by atoms with E-state index < -0.39 is 0 Å². The highest BCUT2D eigenvalue weighted by molar-refractivity contribution is 6.08. The summed E-state index contributed by atoms with van der Waals surface area (Å²) >= 11 is 0. The van der Waals surface area contributed by atoms with Crippen LogP contribution in [0.5, 0.6) is 5.75 Å². The van der Waals surface area contributed by atoms with Crippen LogP contribution in [0.3, 0.4) is 0 Å². The normalized spacial score (nSPS) is 11.8. The maximum Gasteiger partial charge on any atom is 0.146 e. The van der Waals surface area contributed by atoms with Gasteiger partial charge in [-0.3, -0.25) is 9.55 Å². The molecule has 4 heteroatoms. The van der Waals surface area contributed by atoms with Gasteiger partial charge in [0.05, 0.1) is 28.3 Å². The molecule has 1 N–H and O–H groups in total. The molecule has 0 radical (unpaired) electrons. The lowest BCUT2D eigenvalue weighted by Crippen LogP contribution is -2.21. The molecule has 0 bridgehead atoms. The Morgan fingerprint density at radius 1 is 0.585 bits per heavy atom. The zero-order valence-corrected chi connectivity index (χ0v) is 23.0. The van der Waals surface area contributed by atoms with Crippen molar-refractivity contribution in [2.24, 2.45) is 0 Å². The van der Waals surface area contributed by atoms with Crippen LogP contribution in [0, 0.1) is 0 Å². The number of para-hydroxylation sites is 3. The summed E-state index contributed by atoms with van der Waals surface area (Å²) in [6.07, 6.45) is 0. The van der Waals surface area contributed by atoms with Crippen LogP contribution in [-0.4, -0.2) is 19.6 Å². The summed E-state index contributed by atoms with van der Waals surface area (Å²) in [5.41, 5.74) is 8.13. The number of aromatic hydroxyl groups is 1. The summed E-state index contributed by atoms with van der Waals surface area (Å²) in [6, 6.07) is 45.0. The van der Waals surface area contributed by atoms with E-state index in [-0.39, 0.29) is 11.2 Å². The minimum Gasteiger partial charge on any atom is -0.506 e. The van der Waals surface area contributed by atoms with Gasteiger partial charge in [0.15, 0.2) is 0 Å². The second-order valence-corrected chi connectivity index (χ2v) is 10.9. The fourth-order valence-corrected chi connectivity index (χ4v) is 5.66. The van der Waals surface area contributed by atoms with Crippen molar-refractivity contribution in [2.45, 2.75) is 19.3 Å². The Balaban J connectivity index is 1.48. The summed E-state index contributed by atoms with van der Waals surface area (Å²) in [7, 11) is 0. The molecule has 0 saturated heterocycles. The van der Waals surface area contributed by atoms with Crippen molar-refractivity contribution in [3.63, 3.8) is 0 Å². The molecule has 3 aromatic heterocycles. The first-order valence-electron chi connectivity index (χ1n) is 13.8. The highest BCUT2D eigenvalue weighted by atomic mass is 16.3. The van der Waals surface area contributed by atoms with Gasteiger partial charge in [-0.25, -0.2) is 4.98 Å². The number of nitrogens with zero attached hydrogens (tertiary/aromatic N) is 3. The minimum atomic E-state index is -0.324. The van der Waals surface area contributed by atoms with E-state index in [4.69, 9.17) is 9.97 Å². The van der Waals surface area contributed by atoms with Crippen molar-refractivity contribution in [1.82, 2.24) is 14.5 Å². The molecule has 198 valence electrons. The number of benzene rings is 4. The van der Waals surface area contributed by atoms with E-state index in [1.165, 1.54) is 5.56 Å². The van der Waals surface area contributed by atoms with Crippen LogP contribution in [0.2, 0.25) is 0 Å². The van der Waals surface area contributed by atoms with Gasteiger partial charge in [-0.15, -0.1) is 0 Å². The SMILES string of the molecule is CC(C)(c1ccccc1)c1cc(-c2ccccc2)cc(-c2ccc3c4ccccc4n(-c4ccccc4O)c3n2)n1. The lowest BCUT2D eigenvalue weighted by molar-refractivity contribution is 0.473. The molecule has 0 aliphatic heterocycles. The predicted molar refractivity (Wildman–Crippen MR) is 167 cm³/mol. The quantitative estimate of drug-likeness (QED) is 0.241. The molecule has 0 saturated carbocycles. The third-order valence-electron chi connectivity index (χ3n) is 7.98. The number of phenols is 1. The van der Waals surface area contributed by atoms with Gasteiger partial charge in [0.2, 0.25) is 0 Å². The minimum absolute atomic E-state index is 0.207. The van der Waals surface area contributed by atoms with Gasteiger partial charge in [-0.2, -0.15) is 0 Å². The summed E-state index contributed by atoms with van der Waals surface area (Å²) in [5, 5.41) is 12.9. The largest absolute Gasteiger partial charge is 0.506 e. The first-order valence-corrected chi connectivity index (χ1v) is 13.8. The van der Waals surface area contributed by atoms with Crippen LogP contribution in [0.25, 0.3) is 50.1 Å². The molecule has 0 unspecified atom stereocenters. The number of fused-ring (bicyclic) bond motifs is 3. The fourth-order valence-electron chi connectivity index (χ4n) is 5.66. The van der Waals surface area contributed by atoms with Crippen molar-refractivity contribution >= 4 is 21.9 Å². The second kappa shape index (κ2) is 9.76. The maximum atomic E-state index is 10.8. The number of phenolic OH excluding ortho intramolecular Hbond substituents is 1. The van der Waals surface area contributed by atoms with Gasteiger partial charge >= 0.3 is 0 Å². The first-order chi connectivity index (χ1) is 20.0. The summed E-state index contributed by atoms with van der Waals surface area (Å²) in [4.78, 5) is 10.5. The molecule has 4 nitrogen and oxygen atoms in total. The van der Waals surface area contributed by atoms with Crippen LogP contribution in [0.4, 0.5) is 0 Å². The molecule has 0 amide bonds. The number of hydrogen-bond donors (Lipinski definition) is 1. The van der Waals surface area contributed by atoms with Crippen LogP contribution in [0.1, 0.15) is 25.1 Å². The van der Waals surface area contributed by atoms with Crippen LogP contribution in [0.15, 0.2) is 133 Å². The van der Waals surface area contributed by atoms with Crippen molar-refractivity contribution in [3.05, 3.63) is 145 Å². The Hall–Kier alpha value is -5.22. The molecular formula is C37H29N3O. The van der Waals surface area contributed by atoms with Crippen molar-refractivity contribution in [1.29, 1.82) is 0 Å². The average Bonchev–Trinajstić information content (AvgIpc) is 3.35. The number of rotatable bonds is 5. The Morgan fingerprint density at radius 3 is 2.05 bits per heavy atom. The molecule has 0 spiro atoms. The van der Waals surface area contributed by atoms with Crippen LogP contribution >= 0.6 is 0 Å². The van der Waals surface area contributed by atoms with E-state index in [1.807, 2.05) is 47.0 Å². The molecule has 7 aromatic rings. The third-order valence-corrected chi connectivity index (χ3v) is 7.98. The molecule has 4 aromatic carbocycles. The van der Waals surface area contributed by atoms with E-state index in [0.717, 1.165) is 50.1 Å². The van der Waals surface area contributed by atoms with Gasteiger partial charge in [0.25, 0.3) is 0 Å². The van der Waals surface area contributed by atoms with Gasteiger partial charge in [0, 0.05) is 16.2 Å². The van der Waals surface area contributed by atoms with Crippen molar-refractivity contribution in [3.8, 4) is 34.0 Å². The van der Waals surface area contributed by atoms with E-state index in [1.54, 1.807) is 6.07 Å². The van der Waals surface area contributed by atoms with Gasteiger partial charge < -0.3 is 5.11 Å². The highest BCUT2D eigenvalue weighted by Gasteiger charge is 2.26. The predicted octanol–water partition coefficient (Wildman–Crippen LogP) is 8.94. The topological polar surface area (TPSA) is 50.9 Å². The maximum absolute atomic E-state index is 10.8. The number of pyridine rings is 2. The number of hydrogen-bond acceptors (Lipinski definition) is 3. The second-order valence-electron chi connectivity index (χ2n) is 10.9. The van der Waals surface area contributed by atoms with E-state index in [0.29, 0.717) is 5.69 Å². The lowest BCUT2D eigenvalue weighted by atomic mass is 9.80. The third kappa shape index (κ3) is 4.25. The van der Waals surface area contributed by atoms with Gasteiger partial charge in [-0.05, 0) is 59.2 Å². The molecule has 0 aliphatic carbocycles. The Labute approximate surface area is 239 Å². The molecule has 41 heavy (non-hydrogen) atoms. The van der Waals surface area contributed by atoms with Crippen LogP contribution in [-0.2, 0) is 5.41 Å². The summed E-state index contributed by atoms with van der Waals surface area (Å²) in [5.74, 6) is 0.207. The molecule has 0 atom stereocenters. The Bertz CT molecular complexity index is 2030. The van der Waals surface area contributed by atoms with E-state index >= 15 is 0 Å². The smallest absolute Gasteiger partial charge is 0.146 e. The molecule has 0 aliphatic rings.